The lowest BCUT2D eigenvalue weighted by Crippen LogP contribution is -2.06. The SMILES string of the molecule is CCn1cncc1COc1cccc(CNC)c1. The summed E-state index contributed by atoms with van der Waals surface area (Å²) in [5, 5.41) is 3.13. The molecule has 1 N–H and O–H groups in total. The summed E-state index contributed by atoms with van der Waals surface area (Å²) in [6, 6.07) is 8.13. The summed E-state index contributed by atoms with van der Waals surface area (Å²) < 4.78 is 7.87. The molecule has 1 aromatic heterocycles. The highest BCUT2D eigenvalue weighted by molar-refractivity contribution is 5.28. The van der Waals surface area contributed by atoms with Gasteiger partial charge >= 0.3 is 0 Å². The number of imidazole rings is 1. The van der Waals surface area contributed by atoms with Crippen molar-refractivity contribution in [3.8, 4) is 5.75 Å². The number of rotatable bonds is 6. The third kappa shape index (κ3) is 3.11. The maximum Gasteiger partial charge on any atom is 0.130 e. The van der Waals surface area contributed by atoms with Crippen LogP contribution >= 0.6 is 0 Å². The number of nitrogens with one attached hydrogen (secondary N) is 1. The van der Waals surface area contributed by atoms with Crippen LogP contribution in [-0.4, -0.2) is 16.6 Å². The van der Waals surface area contributed by atoms with E-state index in [0.717, 1.165) is 24.5 Å². The number of aryl methyl sites for hydroxylation is 1. The van der Waals surface area contributed by atoms with Crippen LogP contribution in [0.25, 0.3) is 0 Å². The van der Waals surface area contributed by atoms with Gasteiger partial charge in [-0.1, -0.05) is 12.1 Å². The van der Waals surface area contributed by atoms with Gasteiger partial charge < -0.3 is 14.6 Å². The molecule has 0 spiro atoms. The Morgan fingerprint density at radius 2 is 2.28 bits per heavy atom. The number of aromatic nitrogens is 2. The third-order valence-corrected chi connectivity index (χ3v) is 2.81. The van der Waals surface area contributed by atoms with E-state index in [4.69, 9.17) is 4.74 Å². The van der Waals surface area contributed by atoms with Gasteiger partial charge in [0.1, 0.15) is 12.4 Å². The summed E-state index contributed by atoms with van der Waals surface area (Å²) in [5.74, 6) is 0.895. The Morgan fingerprint density at radius 1 is 1.39 bits per heavy atom. The molecule has 1 aromatic carbocycles. The molecule has 4 nitrogen and oxygen atoms in total. The second-order valence-electron chi connectivity index (χ2n) is 4.14. The van der Waals surface area contributed by atoms with Gasteiger partial charge in [0.2, 0.25) is 0 Å². The van der Waals surface area contributed by atoms with Gasteiger partial charge in [0.05, 0.1) is 18.2 Å². The van der Waals surface area contributed by atoms with Crippen molar-refractivity contribution in [3.63, 3.8) is 0 Å². The minimum Gasteiger partial charge on any atom is -0.487 e. The van der Waals surface area contributed by atoms with E-state index in [1.807, 2.05) is 31.7 Å². The zero-order chi connectivity index (χ0) is 12.8. The highest BCUT2D eigenvalue weighted by atomic mass is 16.5. The fourth-order valence-corrected chi connectivity index (χ4v) is 1.86. The summed E-state index contributed by atoms with van der Waals surface area (Å²) in [6.07, 6.45) is 3.68. The standard InChI is InChI=1S/C14H19N3O/c1-3-17-11-16-9-13(17)10-18-14-6-4-5-12(7-14)8-15-2/h4-7,9,11,15H,3,8,10H2,1-2H3. The number of benzene rings is 1. The summed E-state index contributed by atoms with van der Waals surface area (Å²) >= 11 is 0. The minimum absolute atomic E-state index is 0.552. The van der Waals surface area contributed by atoms with Crippen molar-refractivity contribution in [2.75, 3.05) is 7.05 Å². The average molecular weight is 245 g/mol. The summed E-state index contributed by atoms with van der Waals surface area (Å²) in [4.78, 5) is 4.13. The van der Waals surface area contributed by atoms with E-state index in [0.29, 0.717) is 6.61 Å². The van der Waals surface area contributed by atoms with Crippen LogP contribution in [-0.2, 0) is 19.7 Å². The van der Waals surface area contributed by atoms with Gasteiger partial charge in [0, 0.05) is 13.1 Å². The molecule has 0 unspecified atom stereocenters. The van der Waals surface area contributed by atoms with E-state index in [1.165, 1.54) is 5.56 Å². The first-order valence-corrected chi connectivity index (χ1v) is 6.19. The van der Waals surface area contributed by atoms with Gasteiger partial charge in [-0.2, -0.15) is 0 Å². The van der Waals surface area contributed by atoms with Gasteiger partial charge in [-0.25, -0.2) is 4.98 Å². The molecule has 18 heavy (non-hydrogen) atoms. The highest BCUT2D eigenvalue weighted by Gasteiger charge is 2.02. The van der Waals surface area contributed by atoms with Gasteiger partial charge in [-0.05, 0) is 31.7 Å². The maximum atomic E-state index is 5.79. The van der Waals surface area contributed by atoms with Crippen molar-refractivity contribution in [1.29, 1.82) is 0 Å². The van der Waals surface area contributed by atoms with Crippen LogP contribution in [0, 0.1) is 0 Å². The predicted octanol–water partition coefficient (Wildman–Crippen LogP) is 2.20. The number of hydrogen-bond acceptors (Lipinski definition) is 3. The first-order valence-electron chi connectivity index (χ1n) is 6.19. The highest BCUT2D eigenvalue weighted by Crippen LogP contribution is 2.15. The normalized spacial score (nSPS) is 10.6. The zero-order valence-corrected chi connectivity index (χ0v) is 10.9. The molecule has 1 heterocycles. The molecule has 0 amide bonds. The van der Waals surface area contributed by atoms with Crippen LogP contribution in [0.1, 0.15) is 18.2 Å². The summed E-state index contributed by atoms with van der Waals surface area (Å²) in [5.41, 5.74) is 2.32. The fourth-order valence-electron chi connectivity index (χ4n) is 1.86. The smallest absolute Gasteiger partial charge is 0.130 e. The van der Waals surface area contributed by atoms with E-state index in [2.05, 4.69) is 33.9 Å². The maximum absolute atomic E-state index is 5.79. The van der Waals surface area contributed by atoms with E-state index in [-0.39, 0.29) is 0 Å². The van der Waals surface area contributed by atoms with Gasteiger partial charge in [0.25, 0.3) is 0 Å². The molecule has 0 fully saturated rings. The van der Waals surface area contributed by atoms with Crippen LogP contribution in [0.4, 0.5) is 0 Å². The number of nitrogens with zero attached hydrogens (tertiary/aromatic N) is 2. The van der Waals surface area contributed by atoms with Gasteiger partial charge in [-0.3, -0.25) is 0 Å². The van der Waals surface area contributed by atoms with Crippen molar-refractivity contribution < 1.29 is 4.74 Å². The zero-order valence-electron chi connectivity index (χ0n) is 10.9. The van der Waals surface area contributed by atoms with Crippen molar-refractivity contribution in [2.24, 2.45) is 0 Å². The molecule has 0 atom stereocenters. The second kappa shape index (κ2) is 6.21. The lowest BCUT2D eigenvalue weighted by atomic mass is 10.2. The lowest BCUT2D eigenvalue weighted by molar-refractivity contribution is 0.295. The van der Waals surface area contributed by atoms with E-state index >= 15 is 0 Å². The Balaban J connectivity index is 1.99. The largest absolute Gasteiger partial charge is 0.487 e. The molecule has 4 heteroatoms. The Kier molecular flexibility index (Phi) is 4.36. The number of ether oxygens (including phenoxy) is 1. The summed E-state index contributed by atoms with van der Waals surface area (Å²) in [6.45, 7) is 4.41. The van der Waals surface area contributed by atoms with Crippen molar-refractivity contribution in [3.05, 3.63) is 48.0 Å². The van der Waals surface area contributed by atoms with Crippen molar-refractivity contribution in [1.82, 2.24) is 14.9 Å². The molecule has 0 aliphatic rings. The van der Waals surface area contributed by atoms with Crippen LogP contribution in [0.2, 0.25) is 0 Å². The van der Waals surface area contributed by atoms with Crippen molar-refractivity contribution in [2.45, 2.75) is 26.6 Å². The second-order valence-corrected chi connectivity index (χ2v) is 4.14. The first-order chi connectivity index (χ1) is 8.83. The molecular formula is C14H19N3O. The van der Waals surface area contributed by atoms with E-state index in [1.54, 1.807) is 0 Å². The Morgan fingerprint density at radius 3 is 3.06 bits per heavy atom. The van der Waals surface area contributed by atoms with Crippen LogP contribution < -0.4 is 10.1 Å². The number of hydrogen-bond donors (Lipinski definition) is 1. The lowest BCUT2D eigenvalue weighted by Gasteiger charge is -2.09. The first kappa shape index (κ1) is 12.6. The van der Waals surface area contributed by atoms with Crippen LogP contribution in [0.15, 0.2) is 36.8 Å². The molecule has 2 aromatic rings. The van der Waals surface area contributed by atoms with Gasteiger partial charge in [0.15, 0.2) is 0 Å². The molecular weight excluding hydrogens is 226 g/mol. The molecule has 0 saturated carbocycles. The molecule has 0 aliphatic heterocycles. The minimum atomic E-state index is 0.552. The Bertz CT molecular complexity index is 493. The Labute approximate surface area is 108 Å². The topological polar surface area (TPSA) is 39.1 Å². The van der Waals surface area contributed by atoms with E-state index in [9.17, 15) is 0 Å². The third-order valence-electron chi connectivity index (χ3n) is 2.81. The van der Waals surface area contributed by atoms with E-state index < -0.39 is 0 Å². The fraction of sp³-hybridized carbons (Fsp3) is 0.357. The molecule has 0 saturated heterocycles. The molecule has 96 valence electrons. The Hall–Kier alpha value is -1.81. The average Bonchev–Trinajstić information content (AvgIpc) is 2.84. The van der Waals surface area contributed by atoms with Crippen LogP contribution in [0.3, 0.4) is 0 Å². The monoisotopic (exact) mass is 245 g/mol. The molecule has 0 radical (unpaired) electrons. The summed E-state index contributed by atoms with van der Waals surface area (Å²) in [7, 11) is 1.94. The quantitative estimate of drug-likeness (QED) is 0.848. The van der Waals surface area contributed by atoms with Crippen molar-refractivity contribution >= 4 is 0 Å². The predicted molar refractivity (Wildman–Crippen MR) is 71.4 cm³/mol. The molecule has 2 rings (SSSR count). The van der Waals surface area contributed by atoms with Gasteiger partial charge in [-0.15, -0.1) is 0 Å². The van der Waals surface area contributed by atoms with Crippen LogP contribution in [0.5, 0.6) is 5.75 Å². The molecule has 0 aliphatic carbocycles. The molecule has 0 bridgehead atoms.